The van der Waals surface area contributed by atoms with Gasteiger partial charge in [-0.1, -0.05) is 0 Å². The summed E-state index contributed by atoms with van der Waals surface area (Å²) < 4.78 is 0. The number of pyridine rings is 1. The first kappa shape index (κ1) is 13.4. The fraction of sp³-hybridized carbons (Fsp3) is 0.455. The second kappa shape index (κ2) is 6.82. The van der Waals surface area contributed by atoms with Crippen LogP contribution in [0, 0.1) is 0 Å². The molecule has 0 aliphatic heterocycles. The first-order valence-corrected chi connectivity index (χ1v) is 5.38. The molecule has 0 aliphatic rings. The molecule has 0 unspecified atom stereocenters. The number of aliphatic hydroxyl groups excluding tert-OH is 2. The third-order valence-corrected chi connectivity index (χ3v) is 2.30. The summed E-state index contributed by atoms with van der Waals surface area (Å²) in [5.41, 5.74) is 0.428. The summed E-state index contributed by atoms with van der Waals surface area (Å²) in [6.07, 6.45) is 1.59. The van der Waals surface area contributed by atoms with Crippen molar-refractivity contribution in [3.63, 3.8) is 0 Å². The lowest BCUT2D eigenvalue weighted by Crippen LogP contribution is -2.36. The number of carbonyl (C=O) groups excluding carboxylic acids is 1. The van der Waals surface area contributed by atoms with Gasteiger partial charge in [-0.15, -0.1) is 0 Å². The molecule has 0 bridgehead atoms. The van der Waals surface area contributed by atoms with E-state index in [0.29, 0.717) is 11.4 Å². The van der Waals surface area contributed by atoms with Crippen LogP contribution in [0.1, 0.15) is 10.4 Å². The molecule has 3 N–H and O–H groups in total. The minimum atomic E-state index is -0.259. The van der Waals surface area contributed by atoms with Crippen molar-refractivity contribution in [3.05, 3.63) is 23.9 Å². The van der Waals surface area contributed by atoms with E-state index in [9.17, 15) is 4.79 Å². The van der Waals surface area contributed by atoms with Gasteiger partial charge in [-0.3, -0.25) is 4.79 Å². The highest BCUT2D eigenvalue weighted by Crippen LogP contribution is 2.13. The van der Waals surface area contributed by atoms with Gasteiger partial charge in [0, 0.05) is 26.3 Å². The molecule has 0 saturated carbocycles. The maximum Gasteiger partial charge on any atom is 0.257 e. The molecule has 1 amide bonds. The van der Waals surface area contributed by atoms with E-state index >= 15 is 0 Å². The Morgan fingerprint density at radius 2 is 2.06 bits per heavy atom. The largest absolute Gasteiger partial charge is 0.395 e. The van der Waals surface area contributed by atoms with Crippen LogP contribution in [0.2, 0.25) is 0 Å². The van der Waals surface area contributed by atoms with Gasteiger partial charge in [-0.2, -0.15) is 0 Å². The number of aromatic nitrogens is 1. The molecule has 94 valence electrons. The first-order chi connectivity index (χ1) is 8.24. The molecule has 0 atom stereocenters. The van der Waals surface area contributed by atoms with Crippen LogP contribution in [0.25, 0.3) is 0 Å². The molecule has 0 spiro atoms. The van der Waals surface area contributed by atoms with Crippen LogP contribution in [0.5, 0.6) is 0 Å². The van der Waals surface area contributed by atoms with E-state index in [-0.39, 0.29) is 32.2 Å². The van der Waals surface area contributed by atoms with Crippen LogP contribution >= 0.6 is 0 Å². The monoisotopic (exact) mass is 239 g/mol. The Labute approximate surface area is 99.9 Å². The van der Waals surface area contributed by atoms with E-state index in [2.05, 4.69) is 10.3 Å². The smallest absolute Gasteiger partial charge is 0.257 e. The Morgan fingerprint density at radius 3 is 2.59 bits per heavy atom. The van der Waals surface area contributed by atoms with Crippen molar-refractivity contribution in [2.24, 2.45) is 0 Å². The van der Waals surface area contributed by atoms with E-state index < -0.39 is 0 Å². The number of nitrogens with zero attached hydrogens (tertiary/aromatic N) is 2. The van der Waals surface area contributed by atoms with Gasteiger partial charge in [0.25, 0.3) is 5.91 Å². The van der Waals surface area contributed by atoms with Crippen LogP contribution in [0.3, 0.4) is 0 Å². The second-order valence-electron chi connectivity index (χ2n) is 3.39. The van der Waals surface area contributed by atoms with Gasteiger partial charge in [-0.25, -0.2) is 4.98 Å². The summed E-state index contributed by atoms with van der Waals surface area (Å²) in [6.45, 7) is 0.108. The number of hydrogen-bond donors (Lipinski definition) is 3. The highest BCUT2D eigenvalue weighted by atomic mass is 16.3. The van der Waals surface area contributed by atoms with Crippen molar-refractivity contribution >= 4 is 11.7 Å². The van der Waals surface area contributed by atoms with E-state index in [4.69, 9.17) is 10.2 Å². The third-order valence-electron chi connectivity index (χ3n) is 2.30. The molecule has 0 aliphatic carbocycles. The number of anilines is 1. The number of hydrogen-bond acceptors (Lipinski definition) is 5. The fourth-order valence-electron chi connectivity index (χ4n) is 1.50. The SMILES string of the molecule is CNc1ncccc1C(=O)N(CCO)CCO. The van der Waals surface area contributed by atoms with Crippen LogP contribution in [0.4, 0.5) is 5.82 Å². The lowest BCUT2D eigenvalue weighted by Gasteiger charge is -2.21. The van der Waals surface area contributed by atoms with Gasteiger partial charge in [0.2, 0.25) is 0 Å². The Kier molecular flexibility index (Phi) is 5.38. The lowest BCUT2D eigenvalue weighted by atomic mass is 10.2. The number of carbonyl (C=O) groups is 1. The van der Waals surface area contributed by atoms with Crippen LogP contribution in [0.15, 0.2) is 18.3 Å². The summed E-state index contributed by atoms with van der Waals surface area (Å²) >= 11 is 0. The number of amides is 1. The Hall–Kier alpha value is -1.66. The number of nitrogens with one attached hydrogen (secondary N) is 1. The molecule has 1 rings (SSSR count). The molecule has 6 heteroatoms. The molecular weight excluding hydrogens is 222 g/mol. The average Bonchev–Trinajstić information content (AvgIpc) is 2.37. The van der Waals surface area contributed by atoms with Gasteiger partial charge >= 0.3 is 0 Å². The summed E-state index contributed by atoms with van der Waals surface area (Å²) in [6, 6.07) is 3.33. The summed E-state index contributed by atoms with van der Waals surface area (Å²) in [5.74, 6) is 0.226. The molecule has 1 heterocycles. The van der Waals surface area contributed by atoms with Gasteiger partial charge in [0.05, 0.1) is 18.8 Å². The van der Waals surface area contributed by atoms with Crippen molar-refractivity contribution in [1.29, 1.82) is 0 Å². The van der Waals surface area contributed by atoms with Gasteiger partial charge in [0.1, 0.15) is 5.82 Å². The minimum Gasteiger partial charge on any atom is -0.395 e. The summed E-state index contributed by atoms with van der Waals surface area (Å²) in [7, 11) is 1.68. The molecule has 0 aromatic carbocycles. The molecule has 1 aromatic rings. The third kappa shape index (κ3) is 3.40. The van der Waals surface area contributed by atoms with Gasteiger partial charge in [0.15, 0.2) is 0 Å². The standard InChI is InChI=1S/C11H17N3O3/c1-12-10-9(3-2-4-13-10)11(17)14(5-7-15)6-8-16/h2-4,15-16H,5-8H2,1H3,(H,12,13). The summed E-state index contributed by atoms with van der Waals surface area (Å²) in [5, 5.41) is 20.6. The topological polar surface area (TPSA) is 85.7 Å². The molecular formula is C11H17N3O3. The van der Waals surface area contributed by atoms with E-state index in [1.165, 1.54) is 4.90 Å². The molecule has 0 radical (unpaired) electrons. The molecule has 17 heavy (non-hydrogen) atoms. The summed E-state index contributed by atoms with van der Waals surface area (Å²) in [4.78, 5) is 17.6. The van der Waals surface area contributed by atoms with Crippen molar-refractivity contribution in [1.82, 2.24) is 9.88 Å². The minimum absolute atomic E-state index is 0.138. The average molecular weight is 239 g/mol. The van der Waals surface area contributed by atoms with Crippen LogP contribution in [-0.4, -0.2) is 59.4 Å². The Morgan fingerprint density at radius 1 is 1.41 bits per heavy atom. The maximum absolute atomic E-state index is 12.1. The fourth-order valence-corrected chi connectivity index (χ4v) is 1.50. The quantitative estimate of drug-likeness (QED) is 0.626. The normalized spacial score (nSPS) is 10.1. The first-order valence-electron chi connectivity index (χ1n) is 5.38. The van der Waals surface area contributed by atoms with Crippen LogP contribution < -0.4 is 5.32 Å². The van der Waals surface area contributed by atoms with Crippen molar-refractivity contribution < 1.29 is 15.0 Å². The maximum atomic E-state index is 12.1. The van der Waals surface area contributed by atoms with Crippen molar-refractivity contribution in [3.8, 4) is 0 Å². The predicted molar refractivity (Wildman–Crippen MR) is 63.9 cm³/mol. The van der Waals surface area contributed by atoms with E-state index in [1.54, 1.807) is 25.4 Å². The van der Waals surface area contributed by atoms with E-state index in [0.717, 1.165) is 0 Å². The molecule has 0 fully saturated rings. The molecule has 1 aromatic heterocycles. The second-order valence-corrected chi connectivity index (χ2v) is 3.39. The Bertz CT molecular complexity index is 365. The highest BCUT2D eigenvalue weighted by Gasteiger charge is 2.18. The van der Waals surface area contributed by atoms with Crippen molar-refractivity contribution in [2.45, 2.75) is 0 Å². The van der Waals surface area contributed by atoms with Crippen LogP contribution in [-0.2, 0) is 0 Å². The number of rotatable bonds is 6. The van der Waals surface area contributed by atoms with Gasteiger partial charge < -0.3 is 20.4 Å². The zero-order chi connectivity index (χ0) is 12.7. The predicted octanol–water partition coefficient (Wildman–Crippen LogP) is -0.450. The van der Waals surface area contributed by atoms with E-state index in [1.807, 2.05) is 0 Å². The lowest BCUT2D eigenvalue weighted by molar-refractivity contribution is 0.0685. The van der Waals surface area contributed by atoms with Crippen molar-refractivity contribution in [2.75, 3.05) is 38.7 Å². The molecule has 0 saturated heterocycles. The number of aliphatic hydroxyl groups is 2. The Balaban J connectivity index is 2.92. The molecule has 6 nitrogen and oxygen atoms in total. The van der Waals surface area contributed by atoms with Gasteiger partial charge in [-0.05, 0) is 12.1 Å². The zero-order valence-corrected chi connectivity index (χ0v) is 9.76. The zero-order valence-electron chi connectivity index (χ0n) is 9.76. The highest BCUT2D eigenvalue weighted by molar-refractivity contribution is 5.98.